The molecule has 2 N–H and O–H groups in total. The van der Waals surface area contributed by atoms with Crippen LogP contribution in [0.25, 0.3) is 10.9 Å². The molecule has 12 nitrogen and oxygen atoms in total. The van der Waals surface area contributed by atoms with Crippen molar-refractivity contribution in [3.63, 3.8) is 0 Å². The molecule has 4 saturated heterocycles. The van der Waals surface area contributed by atoms with Gasteiger partial charge in [-0.15, -0.1) is 0 Å². The van der Waals surface area contributed by atoms with Crippen LogP contribution in [0.5, 0.6) is 0 Å². The summed E-state index contributed by atoms with van der Waals surface area (Å²) in [7, 11) is 0. The maximum absolute atomic E-state index is 13.1. The lowest BCUT2D eigenvalue weighted by Gasteiger charge is -2.40. The number of hydrogen-bond acceptors (Lipinski definition) is 9. The van der Waals surface area contributed by atoms with Crippen molar-refractivity contribution in [3.8, 4) is 6.07 Å². The Bertz CT molecular complexity index is 2160. The molecular weight excluding hydrogens is 691 g/mol. The highest BCUT2D eigenvalue weighted by Gasteiger charge is 2.39. The maximum Gasteiger partial charge on any atom is 0.255 e. The van der Waals surface area contributed by atoms with Crippen molar-refractivity contribution in [2.45, 2.75) is 64.0 Å². The summed E-state index contributed by atoms with van der Waals surface area (Å²) < 4.78 is 0. The highest BCUT2D eigenvalue weighted by Crippen LogP contribution is 2.36. The lowest BCUT2D eigenvalue weighted by atomic mass is 9.89. The molecule has 4 aromatic rings. The Hall–Kier alpha value is -5.41. The molecule has 55 heavy (non-hydrogen) atoms. The molecule has 6 heterocycles. The summed E-state index contributed by atoms with van der Waals surface area (Å²) in [6.45, 7) is 11.7. The van der Waals surface area contributed by atoms with Crippen LogP contribution >= 0.6 is 0 Å². The number of nitrogens with one attached hydrogen (secondary N) is 2. The first kappa shape index (κ1) is 35.3. The zero-order valence-corrected chi connectivity index (χ0v) is 31.6. The van der Waals surface area contributed by atoms with Gasteiger partial charge in [0.05, 0.1) is 11.2 Å². The van der Waals surface area contributed by atoms with Crippen molar-refractivity contribution in [1.82, 2.24) is 25.3 Å². The molecule has 1 unspecified atom stereocenters. The lowest BCUT2D eigenvalue weighted by Crippen LogP contribution is -2.52. The third-order valence-corrected chi connectivity index (χ3v) is 12.9. The molecule has 0 spiro atoms. The van der Waals surface area contributed by atoms with Crippen LogP contribution < -0.4 is 20.0 Å². The molecule has 4 fully saturated rings. The molecule has 12 heteroatoms. The van der Waals surface area contributed by atoms with Gasteiger partial charge < -0.3 is 19.6 Å². The molecule has 3 aromatic carbocycles. The molecule has 0 radical (unpaired) electrons. The largest absolute Gasteiger partial charge is 0.372 e. The molecule has 0 aliphatic carbocycles. The molecule has 284 valence electrons. The first-order valence-electron chi connectivity index (χ1n) is 20.1. The summed E-state index contributed by atoms with van der Waals surface area (Å²) in [6.07, 6.45) is 5.36. The highest BCUT2D eigenvalue weighted by atomic mass is 16.2. The topological polar surface area (TPSA) is 132 Å². The summed E-state index contributed by atoms with van der Waals surface area (Å²) in [5, 5.41) is 20.3. The third-order valence-electron chi connectivity index (χ3n) is 12.9. The molecule has 5 aliphatic heterocycles. The van der Waals surface area contributed by atoms with E-state index in [0.717, 1.165) is 98.7 Å². The van der Waals surface area contributed by atoms with Gasteiger partial charge in [0.15, 0.2) is 5.69 Å². The number of hydrogen-bond donors (Lipinski definition) is 2. The minimum atomic E-state index is -0.585. The average Bonchev–Trinajstić information content (AvgIpc) is 3.80. The van der Waals surface area contributed by atoms with Crippen LogP contribution in [0.1, 0.15) is 77.2 Å². The van der Waals surface area contributed by atoms with E-state index in [4.69, 9.17) is 0 Å². The summed E-state index contributed by atoms with van der Waals surface area (Å²) in [5.41, 5.74) is 9.13. The van der Waals surface area contributed by atoms with Crippen molar-refractivity contribution < 1.29 is 14.4 Å². The van der Waals surface area contributed by atoms with E-state index < -0.39 is 6.04 Å². The van der Waals surface area contributed by atoms with Gasteiger partial charge in [0.1, 0.15) is 12.1 Å². The van der Waals surface area contributed by atoms with E-state index in [1.165, 1.54) is 30.5 Å². The third kappa shape index (κ3) is 6.79. The Morgan fingerprint density at radius 1 is 0.836 bits per heavy atom. The second kappa shape index (κ2) is 14.7. The number of benzene rings is 3. The van der Waals surface area contributed by atoms with Crippen molar-refractivity contribution in [1.29, 1.82) is 5.26 Å². The van der Waals surface area contributed by atoms with Crippen LogP contribution in [0.2, 0.25) is 0 Å². The van der Waals surface area contributed by atoms with E-state index in [1.54, 1.807) is 4.90 Å². The van der Waals surface area contributed by atoms with Gasteiger partial charge in [-0.1, -0.05) is 18.2 Å². The summed E-state index contributed by atoms with van der Waals surface area (Å²) in [6, 6.07) is 21.4. The molecule has 9 rings (SSSR count). The number of imide groups is 1. The molecule has 3 amide bonds. The Kier molecular flexibility index (Phi) is 9.42. The number of carbonyl (C=O) groups excluding carboxylic acids is 3. The van der Waals surface area contributed by atoms with E-state index in [9.17, 15) is 19.6 Å². The Balaban J connectivity index is 0.745. The van der Waals surface area contributed by atoms with Gasteiger partial charge in [0.25, 0.3) is 5.91 Å². The number of aryl methyl sites for hydroxylation is 1. The van der Waals surface area contributed by atoms with E-state index >= 15 is 0 Å². The number of anilines is 3. The van der Waals surface area contributed by atoms with E-state index in [0.29, 0.717) is 36.1 Å². The number of aromatic nitrogens is 2. The zero-order valence-electron chi connectivity index (χ0n) is 31.6. The molecule has 2 atom stereocenters. The number of piperazine rings is 1. The van der Waals surface area contributed by atoms with E-state index in [-0.39, 0.29) is 24.1 Å². The number of fused-ring (bicyclic) bond motifs is 2. The summed E-state index contributed by atoms with van der Waals surface area (Å²) in [4.78, 5) is 48.9. The smallest absolute Gasteiger partial charge is 0.255 e. The summed E-state index contributed by atoms with van der Waals surface area (Å²) in [5.74, 6) is 0.406. The van der Waals surface area contributed by atoms with Crippen molar-refractivity contribution in [2.75, 3.05) is 73.6 Å². The van der Waals surface area contributed by atoms with Crippen molar-refractivity contribution in [2.24, 2.45) is 5.92 Å². The second-order valence-corrected chi connectivity index (χ2v) is 16.2. The molecule has 0 saturated carbocycles. The van der Waals surface area contributed by atoms with Crippen molar-refractivity contribution >= 4 is 45.7 Å². The van der Waals surface area contributed by atoms with Crippen LogP contribution in [-0.4, -0.2) is 103 Å². The minimum Gasteiger partial charge on any atom is -0.372 e. The summed E-state index contributed by atoms with van der Waals surface area (Å²) >= 11 is 0. The number of nitrogens with zero attached hydrogens (tertiary/aromatic N) is 7. The SMILES string of the molecule is Cc1ccc(N2CCC[C@@H](c3ccc(N4CCC(CN5CCN(c6ccc7c(c6)CN(C6CCC(=O)NC6=O)C7=O)CC5)CC4)cc3)C2)c2[nH]nc(C#N)c12. The first-order chi connectivity index (χ1) is 26.8. The van der Waals surface area contributed by atoms with E-state index in [2.05, 4.69) is 83.6 Å². The molecular formula is C43H49N9O3. The number of amides is 3. The minimum absolute atomic E-state index is 0.122. The predicted octanol–water partition coefficient (Wildman–Crippen LogP) is 4.93. The lowest BCUT2D eigenvalue weighted by molar-refractivity contribution is -0.136. The fraction of sp³-hybridized carbons (Fsp3) is 0.465. The van der Waals surface area contributed by atoms with Gasteiger partial charge in [0, 0.05) is 100 Å². The van der Waals surface area contributed by atoms with Gasteiger partial charge in [-0.3, -0.25) is 29.7 Å². The van der Waals surface area contributed by atoms with Gasteiger partial charge in [-0.2, -0.15) is 10.4 Å². The Labute approximate surface area is 322 Å². The fourth-order valence-electron chi connectivity index (χ4n) is 9.74. The zero-order chi connectivity index (χ0) is 37.6. The average molecular weight is 740 g/mol. The van der Waals surface area contributed by atoms with Crippen LogP contribution in [0.4, 0.5) is 17.1 Å². The van der Waals surface area contributed by atoms with Gasteiger partial charge in [-0.25, -0.2) is 0 Å². The van der Waals surface area contributed by atoms with Gasteiger partial charge in [0.2, 0.25) is 11.8 Å². The molecule has 5 aliphatic rings. The Morgan fingerprint density at radius 2 is 1.60 bits per heavy atom. The van der Waals surface area contributed by atoms with Crippen LogP contribution in [0.3, 0.4) is 0 Å². The maximum atomic E-state index is 13.1. The fourth-order valence-corrected chi connectivity index (χ4v) is 9.74. The number of carbonyl (C=O) groups is 3. The number of nitriles is 1. The van der Waals surface area contributed by atoms with Crippen LogP contribution in [-0.2, 0) is 16.1 Å². The van der Waals surface area contributed by atoms with Crippen LogP contribution in [0, 0.1) is 24.2 Å². The standard InChI is InChI=1S/C43H49N9O3/c1-28-4-11-37(41-40(28)36(24-44)46-47-41)51-16-2-3-31(26-51)30-5-7-33(8-6-30)49-17-14-29(15-18-49)25-48-19-21-50(22-20-48)34-9-10-35-32(23-34)27-52(43(35)55)38-12-13-39(53)45-42(38)54/h4-11,23,29,31,38H,2-3,12-22,25-27H2,1H3,(H,46,47)(H,45,53,54)/t31-,38?/m1/s1. The number of H-pyrrole nitrogens is 1. The van der Waals surface area contributed by atoms with Gasteiger partial charge >= 0.3 is 0 Å². The van der Waals surface area contributed by atoms with Crippen molar-refractivity contribution in [3.05, 3.63) is 82.5 Å². The normalized spacial score (nSPS) is 22.7. The Morgan fingerprint density at radius 3 is 2.36 bits per heavy atom. The highest BCUT2D eigenvalue weighted by molar-refractivity contribution is 6.05. The quantitative estimate of drug-likeness (QED) is 0.254. The monoisotopic (exact) mass is 739 g/mol. The van der Waals surface area contributed by atoms with E-state index in [1.807, 2.05) is 19.1 Å². The van der Waals surface area contributed by atoms with Gasteiger partial charge in [-0.05, 0) is 98.0 Å². The predicted molar refractivity (Wildman–Crippen MR) is 212 cm³/mol. The number of piperidine rings is 3. The second-order valence-electron chi connectivity index (χ2n) is 16.2. The molecule has 0 bridgehead atoms. The van der Waals surface area contributed by atoms with Crippen LogP contribution in [0.15, 0.2) is 54.6 Å². The first-order valence-corrected chi connectivity index (χ1v) is 20.1. The number of aromatic amines is 1. The number of rotatable bonds is 7. The molecule has 1 aromatic heterocycles.